The topological polar surface area (TPSA) is 33.7 Å². The quantitative estimate of drug-likeness (QED) is 0.853. The first-order valence-electron chi connectivity index (χ1n) is 7.46. The Kier molecular flexibility index (Phi) is 10.6. The van der Waals surface area contributed by atoms with Crippen LogP contribution in [0.25, 0.3) is 0 Å². The van der Waals surface area contributed by atoms with Crippen molar-refractivity contribution < 1.29 is 9.47 Å². The highest BCUT2D eigenvalue weighted by Gasteiger charge is 2.22. The van der Waals surface area contributed by atoms with E-state index in [1.165, 1.54) is 18.4 Å². The summed E-state index contributed by atoms with van der Waals surface area (Å²) in [7, 11) is 3.37. The Balaban J connectivity index is 0.00000220. The molecular weight excluding hydrogens is 323 g/mol. The van der Waals surface area contributed by atoms with Gasteiger partial charge in [-0.25, -0.2) is 0 Å². The molecule has 0 saturated carbocycles. The summed E-state index contributed by atoms with van der Waals surface area (Å²) < 4.78 is 10.8. The van der Waals surface area contributed by atoms with E-state index in [9.17, 15) is 0 Å². The molecule has 1 aliphatic heterocycles. The van der Waals surface area contributed by atoms with Gasteiger partial charge in [0.15, 0.2) is 11.5 Å². The van der Waals surface area contributed by atoms with Gasteiger partial charge in [-0.05, 0) is 24.1 Å². The van der Waals surface area contributed by atoms with Crippen LogP contribution in [0.4, 0.5) is 0 Å². The van der Waals surface area contributed by atoms with E-state index in [1.807, 2.05) is 6.07 Å². The number of nitrogens with one attached hydrogen (secondary N) is 1. The molecule has 0 radical (unpaired) electrons. The number of benzene rings is 1. The SMILES string of the molecule is CCC[C@@H](c1ccc(OC)c(OC)c1)N1CCNCC1.Cl.Cl. The van der Waals surface area contributed by atoms with Crippen molar-refractivity contribution in [2.24, 2.45) is 0 Å². The van der Waals surface area contributed by atoms with Crippen LogP contribution < -0.4 is 14.8 Å². The minimum atomic E-state index is 0. The summed E-state index contributed by atoms with van der Waals surface area (Å²) in [4.78, 5) is 2.57. The predicted octanol–water partition coefficient (Wildman–Crippen LogP) is 3.29. The normalized spacial score (nSPS) is 16.1. The molecule has 4 nitrogen and oxygen atoms in total. The fraction of sp³-hybridized carbons (Fsp3) is 0.625. The molecule has 2 rings (SSSR count). The minimum absolute atomic E-state index is 0. The molecule has 1 atom stereocenters. The third-order valence-electron chi connectivity index (χ3n) is 3.95. The summed E-state index contributed by atoms with van der Waals surface area (Å²) in [5.74, 6) is 1.62. The average Bonchev–Trinajstić information content (AvgIpc) is 2.52. The second kappa shape index (κ2) is 10.9. The minimum Gasteiger partial charge on any atom is -0.493 e. The molecule has 1 saturated heterocycles. The maximum absolute atomic E-state index is 5.44. The summed E-state index contributed by atoms with van der Waals surface area (Å²) in [5.41, 5.74) is 1.33. The van der Waals surface area contributed by atoms with E-state index in [4.69, 9.17) is 9.47 Å². The number of nitrogens with zero attached hydrogens (tertiary/aromatic N) is 1. The van der Waals surface area contributed by atoms with Crippen LogP contribution >= 0.6 is 24.8 Å². The molecule has 0 spiro atoms. The molecule has 0 aliphatic carbocycles. The molecule has 1 aliphatic rings. The summed E-state index contributed by atoms with van der Waals surface area (Å²) in [6.07, 6.45) is 2.36. The van der Waals surface area contributed by atoms with Crippen molar-refractivity contribution in [1.82, 2.24) is 10.2 Å². The van der Waals surface area contributed by atoms with Crippen molar-refractivity contribution in [3.63, 3.8) is 0 Å². The zero-order chi connectivity index (χ0) is 14.4. The number of rotatable bonds is 6. The van der Waals surface area contributed by atoms with Crippen LogP contribution in [-0.2, 0) is 0 Å². The van der Waals surface area contributed by atoms with Crippen LogP contribution in [-0.4, -0.2) is 45.3 Å². The Hall–Kier alpha value is -0.680. The fourth-order valence-electron chi connectivity index (χ4n) is 2.89. The van der Waals surface area contributed by atoms with Crippen molar-refractivity contribution in [2.45, 2.75) is 25.8 Å². The highest BCUT2D eigenvalue weighted by atomic mass is 35.5. The largest absolute Gasteiger partial charge is 0.493 e. The van der Waals surface area contributed by atoms with Gasteiger partial charge in [-0.15, -0.1) is 24.8 Å². The lowest BCUT2D eigenvalue weighted by atomic mass is 9.99. The first kappa shape index (κ1) is 21.3. The van der Waals surface area contributed by atoms with Crippen LogP contribution in [0.1, 0.15) is 31.4 Å². The Bertz CT molecular complexity index is 427. The molecule has 1 heterocycles. The Morgan fingerprint density at radius 3 is 2.27 bits per heavy atom. The van der Waals surface area contributed by atoms with Crippen molar-refractivity contribution in [3.05, 3.63) is 23.8 Å². The van der Waals surface area contributed by atoms with Crippen LogP contribution in [0.5, 0.6) is 11.5 Å². The van der Waals surface area contributed by atoms with Crippen molar-refractivity contribution >= 4 is 24.8 Å². The van der Waals surface area contributed by atoms with Gasteiger partial charge in [0.25, 0.3) is 0 Å². The number of ether oxygens (including phenoxy) is 2. The highest BCUT2D eigenvalue weighted by Crippen LogP contribution is 2.33. The summed E-state index contributed by atoms with van der Waals surface area (Å²) in [6.45, 7) is 6.62. The lowest BCUT2D eigenvalue weighted by Crippen LogP contribution is -2.45. The molecule has 128 valence electrons. The average molecular weight is 351 g/mol. The molecule has 0 amide bonds. The third kappa shape index (κ3) is 5.20. The highest BCUT2D eigenvalue weighted by molar-refractivity contribution is 5.85. The van der Waals surface area contributed by atoms with Gasteiger partial charge in [-0.2, -0.15) is 0 Å². The van der Waals surface area contributed by atoms with Gasteiger partial charge in [0.2, 0.25) is 0 Å². The van der Waals surface area contributed by atoms with Crippen LogP contribution in [0, 0.1) is 0 Å². The van der Waals surface area contributed by atoms with Crippen molar-refractivity contribution in [3.8, 4) is 11.5 Å². The Morgan fingerprint density at radius 1 is 1.09 bits per heavy atom. The fourth-order valence-corrected chi connectivity index (χ4v) is 2.89. The first-order valence-corrected chi connectivity index (χ1v) is 7.46. The number of halogens is 2. The molecule has 1 fully saturated rings. The summed E-state index contributed by atoms with van der Waals surface area (Å²) in [5, 5.41) is 3.42. The van der Waals surface area contributed by atoms with Gasteiger partial charge in [0, 0.05) is 32.2 Å². The van der Waals surface area contributed by atoms with E-state index in [2.05, 4.69) is 29.3 Å². The molecule has 0 aromatic heterocycles. The Morgan fingerprint density at radius 2 is 1.73 bits per heavy atom. The summed E-state index contributed by atoms with van der Waals surface area (Å²) in [6, 6.07) is 6.78. The maximum atomic E-state index is 5.44. The number of methoxy groups -OCH3 is 2. The van der Waals surface area contributed by atoms with Gasteiger partial charge in [0.05, 0.1) is 14.2 Å². The van der Waals surface area contributed by atoms with Gasteiger partial charge in [0.1, 0.15) is 0 Å². The lowest BCUT2D eigenvalue weighted by molar-refractivity contribution is 0.164. The van der Waals surface area contributed by atoms with Crippen molar-refractivity contribution in [1.29, 1.82) is 0 Å². The number of hydrogen-bond acceptors (Lipinski definition) is 4. The molecule has 6 heteroatoms. The van der Waals surface area contributed by atoms with E-state index in [-0.39, 0.29) is 24.8 Å². The predicted molar refractivity (Wildman–Crippen MR) is 96.1 cm³/mol. The van der Waals surface area contributed by atoms with Gasteiger partial charge < -0.3 is 14.8 Å². The van der Waals surface area contributed by atoms with Crippen LogP contribution in [0.3, 0.4) is 0 Å². The van der Waals surface area contributed by atoms with Crippen molar-refractivity contribution in [2.75, 3.05) is 40.4 Å². The smallest absolute Gasteiger partial charge is 0.161 e. The standard InChI is InChI=1S/C16H26N2O2.2ClH/c1-4-5-14(18-10-8-17-9-11-18)13-6-7-15(19-2)16(12-13)20-3;;/h6-7,12,14,17H,4-5,8-11H2,1-3H3;2*1H/t14-;;/m0../s1. The zero-order valence-corrected chi connectivity index (χ0v) is 15.3. The van der Waals surface area contributed by atoms with Gasteiger partial charge >= 0.3 is 0 Å². The first-order chi connectivity index (χ1) is 9.80. The third-order valence-corrected chi connectivity index (χ3v) is 3.95. The molecule has 0 bridgehead atoms. The molecule has 1 N–H and O–H groups in total. The van der Waals surface area contributed by atoms with Gasteiger partial charge in [-0.3, -0.25) is 4.90 Å². The van der Waals surface area contributed by atoms with E-state index >= 15 is 0 Å². The molecular formula is C16H28Cl2N2O2. The van der Waals surface area contributed by atoms with E-state index < -0.39 is 0 Å². The van der Waals surface area contributed by atoms with Crippen LogP contribution in [0.15, 0.2) is 18.2 Å². The molecule has 1 aromatic carbocycles. The van der Waals surface area contributed by atoms with E-state index in [1.54, 1.807) is 14.2 Å². The number of piperazine rings is 1. The summed E-state index contributed by atoms with van der Waals surface area (Å²) >= 11 is 0. The maximum Gasteiger partial charge on any atom is 0.161 e. The van der Waals surface area contributed by atoms with E-state index in [0.29, 0.717) is 6.04 Å². The molecule has 1 aromatic rings. The number of hydrogen-bond donors (Lipinski definition) is 1. The lowest BCUT2D eigenvalue weighted by Gasteiger charge is -2.35. The Labute approximate surface area is 146 Å². The second-order valence-corrected chi connectivity index (χ2v) is 5.20. The second-order valence-electron chi connectivity index (χ2n) is 5.20. The zero-order valence-electron chi connectivity index (χ0n) is 13.6. The van der Waals surface area contributed by atoms with E-state index in [0.717, 1.165) is 37.7 Å². The monoisotopic (exact) mass is 350 g/mol. The van der Waals surface area contributed by atoms with Crippen LogP contribution in [0.2, 0.25) is 0 Å². The van der Waals surface area contributed by atoms with Gasteiger partial charge in [-0.1, -0.05) is 19.4 Å². The molecule has 0 unspecified atom stereocenters. The molecule has 22 heavy (non-hydrogen) atoms.